The van der Waals surface area contributed by atoms with Gasteiger partial charge in [-0.2, -0.15) is 0 Å². The van der Waals surface area contributed by atoms with Crippen molar-refractivity contribution in [1.82, 2.24) is 0 Å². The van der Waals surface area contributed by atoms with E-state index in [0.717, 1.165) is 25.7 Å². The van der Waals surface area contributed by atoms with Gasteiger partial charge in [0.15, 0.2) is 0 Å². The molecule has 0 aromatic rings. The highest BCUT2D eigenvalue weighted by Gasteiger charge is 2.65. The topological polar surface area (TPSA) is 74.6 Å². The second-order valence-electron chi connectivity index (χ2n) is 10.4. The summed E-state index contributed by atoms with van der Waals surface area (Å²) < 4.78 is 0. The third kappa shape index (κ3) is 2.40. The molecule has 2 N–H and O–H groups in total. The van der Waals surface area contributed by atoms with Gasteiger partial charge in [-0.15, -0.1) is 0 Å². The van der Waals surface area contributed by atoms with Crippen LogP contribution in [0.2, 0.25) is 0 Å². The van der Waals surface area contributed by atoms with Gasteiger partial charge in [0.2, 0.25) is 0 Å². The van der Waals surface area contributed by atoms with Crippen LogP contribution < -0.4 is 0 Å². The van der Waals surface area contributed by atoms with Gasteiger partial charge in [-0.1, -0.05) is 13.8 Å². The van der Waals surface area contributed by atoms with Crippen molar-refractivity contribution in [3.63, 3.8) is 0 Å². The molecular weight excluding hydrogens is 328 g/mol. The first-order valence-corrected chi connectivity index (χ1v) is 10.5. The van der Waals surface area contributed by atoms with Gasteiger partial charge in [-0.25, -0.2) is 0 Å². The Balaban J connectivity index is 1.70. The molecule has 0 aliphatic heterocycles. The van der Waals surface area contributed by atoms with Crippen LogP contribution in [-0.2, 0) is 9.59 Å². The molecule has 4 rings (SSSR count). The zero-order valence-electron chi connectivity index (χ0n) is 16.4. The third-order valence-corrected chi connectivity index (χ3v) is 9.26. The van der Waals surface area contributed by atoms with Gasteiger partial charge in [0.25, 0.3) is 0 Å². The quantitative estimate of drug-likeness (QED) is 0.792. The standard InChI is InChI=1S/C22H34O4/c1-12(24)19-13(11-23)8-17-16-5-4-14-9-15(25)6-7-21(14,2)20(16)18(26)10-22(17,19)3/h13-14,16-20,23,26H,4-11H2,1-3H3/t13-,14+,16-,17-,18-,19-,20+,21-,22-/m0/s1. The first kappa shape index (κ1) is 18.6. The molecule has 0 saturated heterocycles. The van der Waals surface area contributed by atoms with Crippen LogP contribution in [0.3, 0.4) is 0 Å². The number of aliphatic hydroxyl groups excluding tert-OH is 2. The van der Waals surface area contributed by atoms with E-state index in [1.165, 1.54) is 0 Å². The summed E-state index contributed by atoms with van der Waals surface area (Å²) in [7, 11) is 0. The van der Waals surface area contributed by atoms with Crippen LogP contribution in [0, 0.1) is 46.3 Å². The number of fused-ring (bicyclic) bond motifs is 5. The molecule has 0 aromatic carbocycles. The summed E-state index contributed by atoms with van der Waals surface area (Å²) >= 11 is 0. The summed E-state index contributed by atoms with van der Waals surface area (Å²) in [6, 6.07) is 0. The van der Waals surface area contributed by atoms with Gasteiger partial charge < -0.3 is 10.2 Å². The highest BCUT2D eigenvalue weighted by atomic mass is 16.3. The Hall–Kier alpha value is -0.740. The zero-order valence-corrected chi connectivity index (χ0v) is 16.4. The minimum atomic E-state index is -0.401. The van der Waals surface area contributed by atoms with Crippen molar-refractivity contribution in [3.8, 4) is 0 Å². The maximum atomic E-state index is 12.4. The van der Waals surface area contributed by atoms with Gasteiger partial charge >= 0.3 is 0 Å². The molecule has 4 aliphatic carbocycles. The lowest BCUT2D eigenvalue weighted by Gasteiger charge is -2.61. The lowest BCUT2D eigenvalue weighted by atomic mass is 9.44. The summed E-state index contributed by atoms with van der Waals surface area (Å²) in [5.41, 5.74) is -0.159. The van der Waals surface area contributed by atoms with Crippen LogP contribution >= 0.6 is 0 Å². The number of Topliss-reactive ketones (excluding diaryl/α,β-unsaturated/α-hetero) is 2. The molecule has 0 amide bonds. The van der Waals surface area contributed by atoms with Crippen LogP contribution in [0.25, 0.3) is 0 Å². The third-order valence-electron chi connectivity index (χ3n) is 9.26. The molecule has 0 radical (unpaired) electrons. The van der Waals surface area contributed by atoms with Crippen LogP contribution in [0.5, 0.6) is 0 Å². The van der Waals surface area contributed by atoms with Gasteiger partial charge in [-0.05, 0) is 79.4 Å². The molecule has 0 spiro atoms. The summed E-state index contributed by atoms with van der Waals surface area (Å²) in [5.74, 6) is 1.91. The molecule has 4 nitrogen and oxygen atoms in total. The molecule has 4 fully saturated rings. The lowest BCUT2D eigenvalue weighted by Crippen LogP contribution is -2.59. The van der Waals surface area contributed by atoms with Crippen LogP contribution in [-0.4, -0.2) is 34.5 Å². The first-order chi connectivity index (χ1) is 12.2. The van der Waals surface area contributed by atoms with E-state index in [0.29, 0.717) is 42.8 Å². The van der Waals surface area contributed by atoms with Crippen molar-refractivity contribution in [1.29, 1.82) is 0 Å². The molecule has 4 aliphatic rings. The van der Waals surface area contributed by atoms with Crippen molar-refractivity contribution < 1.29 is 19.8 Å². The number of rotatable bonds is 2. The van der Waals surface area contributed by atoms with E-state index in [2.05, 4.69) is 13.8 Å². The molecule has 4 saturated carbocycles. The Morgan fingerprint density at radius 1 is 1.23 bits per heavy atom. The van der Waals surface area contributed by atoms with E-state index >= 15 is 0 Å². The molecule has 26 heavy (non-hydrogen) atoms. The minimum absolute atomic E-state index is 0.0342. The highest BCUT2D eigenvalue weighted by Crippen LogP contribution is 2.68. The Bertz CT molecular complexity index is 615. The van der Waals surface area contributed by atoms with E-state index < -0.39 is 6.10 Å². The maximum Gasteiger partial charge on any atom is 0.133 e. The SMILES string of the molecule is CC(=O)[C@H]1[C@H](CO)C[C@H]2[C@@H]3CC[C@@H]4CC(=O)CC[C@]4(C)[C@H]3[C@@H](O)C[C@@]21C. The Morgan fingerprint density at radius 2 is 1.96 bits per heavy atom. The summed E-state index contributed by atoms with van der Waals surface area (Å²) in [6.45, 7) is 6.23. The minimum Gasteiger partial charge on any atom is -0.396 e. The van der Waals surface area contributed by atoms with E-state index in [1.54, 1.807) is 6.92 Å². The highest BCUT2D eigenvalue weighted by molar-refractivity contribution is 5.80. The second-order valence-corrected chi connectivity index (χ2v) is 10.4. The predicted octanol–water partition coefficient (Wildman–Crippen LogP) is 2.99. The number of carbonyl (C=O) groups excluding carboxylic acids is 2. The second kappa shape index (κ2) is 6.13. The molecule has 9 atom stereocenters. The van der Waals surface area contributed by atoms with Crippen molar-refractivity contribution in [2.24, 2.45) is 46.3 Å². The van der Waals surface area contributed by atoms with Crippen LogP contribution in [0.4, 0.5) is 0 Å². The number of aliphatic hydroxyl groups is 2. The predicted molar refractivity (Wildman–Crippen MR) is 98.3 cm³/mol. The van der Waals surface area contributed by atoms with Gasteiger partial charge in [0, 0.05) is 25.4 Å². The van der Waals surface area contributed by atoms with Crippen molar-refractivity contribution in [3.05, 3.63) is 0 Å². The largest absolute Gasteiger partial charge is 0.396 e. The zero-order chi connectivity index (χ0) is 18.9. The molecule has 0 unspecified atom stereocenters. The maximum absolute atomic E-state index is 12.4. The Kier molecular flexibility index (Phi) is 4.39. The number of carbonyl (C=O) groups is 2. The van der Waals surface area contributed by atoms with E-state index in [-0.39, 0.29) is 41.0 Å². The van der Waals surface area contributed by atoms with Gasteiger partial charge in [0.1, 0.15) is 11.6 Å². The average molecular weight is 363 g/mol. The fourth-order valence-corrected chi connectivity index (χ4v) is 8.33. The van der Waals surface area contributed by atoms with E-state index in [9.17, 15) is 19.8 Å². The summed E-state index contributed by atoms with van der Waals surface area (Å²) in [5, 5.41) is 21.2. The fraction of sp³-hybridized carbons (Fsp3) is 0.909. The van der Waals surface area contributed by atoms with Crippen LogP contribution in [0.15, 0.2) is 0 Å². The van der Waals surface area contributed by atoms with Crippen molar-refractivity contribution in [2.75, 3.05) is 6.61 Å². The molecule has 0 aromatic heterocycles. The lowest BCUT2D eigenvalue weighted by molar-refractivity contribution is -0.174. The first-order valence-electron chi connectivity index (χ1n) is 10.5. The van der Waals surface area contributed by atoms with Gasteiger partial charge in [-0.3, -0.25) is 9.59 Å². The molecule has 4 heteroatoms. The Labute approximate surface area is 156 Å². The molecule has 0 heterocycles. The molecule has 146 valence electrons. The van der Waals surface area contributed by atoms with E-state index in [4.69, 9.17) is 0 Å². The smallest absolute Gasteiger partial charge is 0.133 e. The summed E-state index contributed by atoms with van der Waals surface area (Å²) in [4.78, 5) is 24.4. The van der Waals surface area contributed by atoms with E-state index in [1.807, 2.05) is 0 Å². The van der Waals surface area contributed by atoms with Crippen molar-refractivity contribution >= 4 is 11.6 Å². The number of hydrogen-bond donors (Lipinski definition) is 2. The Morgan fingerprint density at radius 3 is 2.62 bits per heavy atom. The number of ketones is 2. The van der Waals surface area contributed by atoms with Gasteiger partial charge in [0.05, 0.1) is 6.10 Å². The molecular formula is C22H34O4. The van der Waals surface area contributed by atoms with Crippen LogP contribution in [0.1, 0.15) is 65.7 Å². The van der Waals surface area contributed by atoms with Crippen molar-refractivity contribution in [2.45, 2.75) is 71.8 Å². The normalized spacial score (nSPS) is 53.6. The number of hydrogen-bond acceptors (Lipinski definition) is 4. The monoisotopic (exact) mass is 362 g/mol. The summed E-state index contributed by atoms with van der Waals surface area (Å²) in [6.07, 6.45) is 5.53. The molecule has 0 bridgehead atoms. The average Bonchev–Trinajstić information content (AvgIpc) is 2.87. The fourth-order valence-electron chi connectivity index (χ4n) is 8.33.